The van der Waals surface area contributed by atoms with Crippen LogP contribution >= 0.6 is 11.6 Å². The van der Waals surface area contributed by atoms with Crippen LogP contribution in [0.15, 0.2) is 36.4 Å². The van der Waals surface area contributed by atoms with Gasteiger partial charge in [0.15, 0.2) is 0 Å². The summed E-state index contributed by atoms with van der Waals surface area (Å²) in [4.78, 5) is 0. The van der Waals surface area contributed by atoms with Crippen LogP contribution in [0.1, 0.15) is 39.7 Å². The molecule has 0 aliphatic heterocycles. The van der Waals surface area contributed by atoms with E-state index in [0.717, 1.165) is 17.9 Å². The minimum Gasteiger partial charge on any atom is -0.0885 e. The van der Waals surface area contributed by atoms with Gasteiger partial charge in [-0.2, -0.15) is 0 Å². The summed E-state index contributed by atoms with van der Waals surface area (Å²) in [6, 6.07) is 8.18. The van der Waals surface area contributed by atoms with Crippen molar-refractivity contribution in [1.82, 2.24) is 0 Å². The first-order valence-electron chi connectivity index (χ1n) is 6.34. The molecule has 0 aliphatic rings. The van der Waals surface area contributed by atoms with E-state index in [1.165, 1.54) is 5.56 Å². The Balaban J connectivity index is 2.83. The summed E-state index contributed by atoms with van der Waals surface area (Å²) in [5.74, 6) is 0.556. The zero-order chi connectivity index (χ0) is 12.9. The highest BCUT2D eigenvalue weighted by Gasteiger charge is 2.22. The summed E-state index contributed by atoms with van der Waals surface area (Å²) in [5.41, 5.74) is 1.60. The molecule has 0 radical (unpaired) electrons. The SMILES string of the molecule is CC/C=C/[C@@H](Cc1cccc(Cl)c1)C(C)(C)C. The molecule has 0 nitrogen and oxygen atoms in total. The maximum atomic E-state index is 6.03. The smallest absolute Gasteiger partial charge is 0.0408 e. The minimum atomic E-state index is 0.286. The largest absolute Gasteiger partial charge is 0.0885 e. The van der Waals surface area contributed by atoms with Crippen molar-refractivity contribution in [2.75, 3.05) is 0 Å². The van der Waals surface area contributed by atoms with Crippen molar-refractivity contribution < 1.29 is 0 Å². The maximum absolute atomic E-state index is 6.03. The standard InChI is InChI=1S/C16H23Cl/c1-5-6-9-14(16(2,3)4)11-13-8-7-10-15(17)12-13/h6-10,12,14H,5,11H2,1-4H3/b9-6+/t14-/m0/s1. The maximum Gasteiger partial charge on any atom is 0.0408 e. The van der Waals surface area contributed by atoms with Gasteiger partial charge >= 0.3 is 0 Å². The number of halogens is 1. The fourth-order valence-corrected chi connectivity index (χ4v) is 2.09. The molecule has 0 amide bonds. The van der Waals surface area contributed by atoms with Gasteiger partial charge in [0.2, 0.25) is 0 Å². The summed E-state index contributed by atoms with van der Waals surface area (Å²) >= 11 is 6.03. The molecule has 0 aromatic heterocycles. The van der Waals surface area contributed by atoms with Crippen molar-refractivity contribution in [3.63, 3.8) is 0 Å². The van der Waals surface area contributed by atoms with E-state index in [-0.39, 0.29) is 5.41 Å². The van der Waals surface area contributed by atoms with Crippen molar-refractivity contribution in [2.45, 2.75) is 40.5 Å². The molecule has 0 bridgehead atoms. The molecule has 0 heterocycles. The van der Waals surface area contributed by atoms with Crippen LogP contribution in [-0.4, -0.2) is 0 Å². The van der Waals surface area contributed by atoms with Crippen LogP contribution in [0.25, 0.3) is 0 Å². The third-order valence-electron chi connectivity index (χ3n) is 3.06. The molecule has 1 aromatic carbocycles. The van der Waals surface area contributed by atoms with E-state index in [9.17, 15) is 0 Å². The summed E-state index contributed by atoms with van der Waals surface area (Å²) in [5, 5.41) is 0.828. The Morgan fingerprint density at radius 1 is 1.29 bits per heavy atom. The first-order valence-corrected chi connectivity index (χ1v) is 6.72. The average Bonchev–Trinajstić information content (AvgIpc) is 2.22. The normalized spacial score (nSPS) is 14.2. The van der Waals surface area contributed by atoms with Gasteiger partial charge in [-0.15, -0.1) is 0 Å². The van der Waals surface area contributed by atoms with Crippen LogP contribution in [0.4, 0.5) is 0 Å². The second kappa shape index (κ2) is 6.26. The lowest BCUT2D eigenvalue weighted by Gasteiger charge is -2.28. The predicted molar refractivity (Wildman–Crippen MR) is 77.5 cm³/mol. The summed E-state index contributed by atoms with van der Waals surface area (Å²) < 4.78 is 0. The summed E-state index contributed by atoms with van der Waals surface area (Å²) in [6.45, 7) is 9.06. The zero-order valence-corrected chi connectivity index (χ0v) is 12.1. The number of allylic oxidation sites excluding steroid dienone is 2. The molecular weight excluding hydrogens is 228 g/mol. The second-order valence-electron chi connectivity index (χ2n) is 5.64. The number of rotatable bonds is 4. The molecular formula is C16H23Cl. The summed E-state index contributed by atoms with van der Waals surface area (Å²) in [7, 11) is 0. The fraction of sp³-hybridized carbons (Fsp3) is 0.500. The van der Waals surface area contributed by atoms with Gasteiger partial charge in [-0.05, 0) is 41.9 Å². The van der Waals surface area contributed by atoms with Gasteiger partial charge in [0, 0.05) is 5.02 Å². The Bertz CT molecular complexity index is 371. The Hall–Kier alpha value is -0.750. The molecule has 1 rings (SSSR count). The van der Waals surface area contributed by atoms with Crippen molar-refractivity contribution in [2.24, 2.45) is 11.3 Å². The monoisotopic (exact) mass is 250 g/mol. The van der Waals surface area contributed by atoms with Crippen LogP contribution in [-0.2, 0) is 6.42 Å². The van der Waals surface area contributed by atoms with E-state index < -0.39 is 0 Å². The first kappa shape index (κ1) is 14.3. The van der Waals surface area contributed by atoms with Gasteiger partial charge in [0.1, 0.15) is 0 Å². The molecule has 0 unspecified atom stereocenters. The van der Waals surface area contributed by atoms with Crippen molar-refractivity contribution >= 4 is 11.6 Å². The van der Waals surface area contributed by atoms with Gasteiger partial charge in [-0.1, -0.05) is 63.6 Å². The van der Waals surface area contributed by atoms with Crippen LogP contribution in [0.3, 0.4) is 0 Å². The molecule has 94 valence electrons. The highest BCUT2D eigenvalue weighted by molar-refractivity contribution is 6.30. The average molecular weight is 251 g/mol. The molecule has 17 heavy (non-hydrogen) atoms. The molecule has 0 saturated heterocycles. The lowest BCUT2D eigenvalue weighted by atomic mass is 9.77. The Morgan fingerprint density at radius 2 is 2.00 bits per heavy atom. The highest BCUT2D eigenvalue weighted by Crippen LogP contribution is 2.30. The van der Waals surface area contributed by atoms with Crippen molar-refractivity contribution in [1.29, 1.82) is 0 Å². The van der Waals surface area contributed by atoms with E-state index in [2.05, 4.69) is 52.0 Å². The van der Waals surface area contributed by atoms with Crippen LogP contribution in [0, 0.1) is 11.3 Å². The van der Waals surface area contributed by atoms with Crippen LogP contribution < -0.4 is 0 Å². The minimum absolute atomic E-state index is 0.286. The highest BCUT2D eigenvalue weighted by atomic mass is 35.5. The van der Waals surface area contributed by atoms with E-state index in [4.69, 9.17) is 11.6 Å². The fourth-order valence-electron chi connectivity index (χ4n) is 1.88. The van der Waals surface area contributed by atoms with Gasteiger partial charge < -0.3 is 0 Å². The lowest BCUT2D eigenvalue weighted by Crippen LogP contribution is -2.20. The van der Waals surface area contributed by atoms with Gasteiger partial charge in [0.25, 0.3) is 0 Å². The predicted octanol–water partition coefficient (Wildman–Crippen LogP) is 5.51. The molecule has 0 aliphatic carbocycles. The third-order valence-corrected chi connectivity index (χ3v) is 3.30. The molecule has 0 spiro atoms. The van der Waals surface area contributed by atoms with Crippen molar-refractivity contribution in [3.8, 4) is 0 Å². The van der Waals surface area contributed by atoms with E-state index in [1.807, 2.05) is 12.1 Å². The molecule has 1 heteroatoms. The van der Waals surface area contributed by atoms with Crippen LogP contribution in [0.5, 0.6) is 0 Å². The van der Waals surface area contributed by atoms with Crippen LogP contribution in [0.2, 0.25) is 5.02 Å². The Labute approximate surface area is 111 Å². The van der Waals surface area contributed by atoms with Gasteiger partial charge in [0.05, 0.1) is 0 Å². The van der Waals surface area contributed by atoms with Crippen molar-refractivity contribution in [3.05, 3.63) is 47.0 Å². The second-order valence-corrected chi connectivity index (χ2v) is 6.08. The van der Waals surface area contributed by atoms with Gasteiger partial charge in [-0.25, -0.2) is 0 Å². The lowest BCUT2D eigenvalue weighted by molar-refractivity contribution is 0.291. The topological polar surface area (TPSA) is 0 Å². The van der Waals surface area contributed by atoms with Gasteiger partial charge in [-0.3, -0.25) is 0 Å². The molecule has 1 atom stereocenters. The third kappa shape index (κ3) is 4.95. The van der Waals surface area contributed by atoms with E-state index >= 15 is 0 Å². The zero-order valence-electron chi connectivity index (χ0n) is 11.3. The summed E-state index contributed by atoms with van der Waals surface area (Å²) in [6.07, 6.45) is 6.77. The number of hydrogen-bond donors (Lipinski definition) is 0. The van der Waals surface area contributed by atoms with E-state index in [1.54, 1.807) is 0 Å². The quantitative estimate of drug-likeness (QED) is 0.618. The Morgan fingerprint density at radius 3 is 2.53 bits per heavy atom. The Kier molecular flexibility index (Phi) is 5.27. The first-order chi connectivity index (χ1) is 7.93. The number of benzene rings is 1. The number of hydrogen-bond acceptors (Lipinski definition) is 0. The molecule has 1 aromatic rings. The molecule has 0 saturated carbocycles. The van der Waals surface area contributed by atoms with E-state index in [0.29, 0.717) is 5.92 Å². The molecule has 0 N–H and O–H groups in total. The molecule has 0 fully saturated rings.